The molecule has 0 radical (unpaired) electrons. The fourth-order valence-electron chi connectivity index (χ4n) is 1.49. The number of aryl methyl sites for hydroxylation is 1. The number of anilines is 1. The zero-order chi connectivity index (χ0) is 14.5. The van der Waals surface area contributed by atoms with Gasteiger partial charge >= 0.3 is 6.03 Å². The molecular weight excluding hydrogens is 296 g/mol. The topological polar surface area (TPSA) is 64.2 Å². The van der Waals surface area contributed by atoms with Crippen LogP contribution >= 0.6 is 11.6 Å². The Morgan fingerprint density at radius 3 is 2.30 bits per heavy atom. The molecule has 0 aliphatic carbocycles. The number of rotatable bonds is 3. The van der Waals surface area contributed by atoms with Gasteiger partial charge in [0, 0.05) is 10.7 Å². The molecule has 20 heavy (non-hydrogen) atoms. The first-order chi connectivity index (χ1) is 9.54. The van der Waals surface area contributed by atoms with E-state index < -0.39 is 17.4 Å². The van der Waals surface area contributed by atoms with Crippen molar-refractivity contribution in [2.45, 2.75) is 11.8 Å². The third kappa shape index (κ3) is 4.16. The first-order valence-electron chi connectivity index (χ1n) is 5.86. The molecule has 4 nitrogen and oxygen atoms in total. The van der Waals surface area contributed by atoms with E-state index in [0.717, 1.165) is 5.56 Å². The Hall–Kier alpha value is -1.69. The maximum absolute atomic E-state index is 11.9. The maximum Gasteiger partial charge on any atom is 0.361 e. The number of urea groups is 1. The van der Waals surface area contributed by atoms with Gasteiger partial charge < -0.3 is 9.87 Å². The van der Waals surface area contributed by atoms with Gasteiger partial charge in [0.1, 0.15) is 11.4 Å². The number of carbonyl (C=O) groups excluding carboxylic acids is 1. The molecule has 2 aromatic rings. The number of amides is 2. The summed E-state index contributed by atoms with van der Waals surface area (Å²) < 4.78 is 14.3. The zero-order valence-electron chi connectivity index (χ0n) is 10.7. The Bertz CT molecular complexity index is 587. The lowest BCUT2D eigenvalue weighted by Crippen LogP contribution is -2.34. The molecule has 1 atom stereocenters. The van der Waals surface area contributed by atoms with Crippen LogP contribution in [0.15, 0.2) is 53.4 Å². The van der Waals surface area contributed by atoms with Gasteiger partial charge in [-0.1, -0.05) is 29.3 Å². The van der Waals surface area contributed by atoms with Crippen molar-refractivity contribution in [1.82, 2.24) is 4.72 Å². The summed E-state index contributed by atoms with van der Waals surface area (Å²) in [5.41, 5.74) is 1.64. The molecule has 0 bridgehead atoms. The summed E-state index contributed by atoms with van der Waals surface area (Å²) in [7, 11) is 0. The lowest BCUT2D eigenvalue weighted by molar-refractivity contribution is 0.256. The van der Waals surface area contributed by atoms with E-state index in [0.29, 0.717) is 15.6 Å². The molecule has 104 valence electrons. The number of hydrogen-bond donors (Lipinski definition) is 2. The molecule has 0 heterocycles. The van der Waals surface area contributed by atoms with Crippen molar-refractivity contribution in [1.29, 1.82) is 0 Å². The predicted molar refractivity (Wildman–Crippen MR) is 81.2 cm³/mol. The van der Waals surface area contributed by atoms with Crippen molar-refractivity contribution < 1.29 is 9.35 Å². The van der Waals surface area contributed by atoms with Gasteiger partial charge in [-0.2, -0.15) is 0 Å². The van der Waals surface area contributed by atoms with E-state index in [1.807, 2.05) is 19.1 Å². The summed E-state index contributed by atoms with van der Waals surface area (Å²) in [5, 5.41) is 3.16. The number of halogens is 1. The number of hydrogen-bond acceptors (Lipinski definition) is 2. The number of nitrogens with one attached hydrogen (secondary N) is 2. The normalized spacial score (nSPS) is 11.8. The highest BCUT2D eigenvalue weighted by molar-refractivity contribution is 7.90. The Kier molecular flexibility index (Phi) is 4.89. The van der Waals surface area contributed by atoms with Gasteiger partial charge in [-0.25, -0.2) is 4.79 Å². The van der Waals surface area contributed by atoms with Gasteiger partial charge in [0.25, 0.3) is 0 Å². The molecule has 0 saturated heterocycles. The van der Waals surface area contributed by atoms with Crippen molar-refractivity contribution in [3.05, 3.63) is 59.1 Å². The van der Waals surface area contributed by atoms with E-state index in [9.17, 15) is 9.35 Å². The molecule has 0 aliphatic rings. The summed E-state index contributed by atoms with van der Waals surface area (Å²) >= 11 is 4.16. The average Bonchev–Trinajstić information content (AvgIpc) is 2.42. The molecule has 1 unspecified atom stereocenters. The second kappa shape index (κ2) is 6.65. The van der Waals surface area contributed by atoms with Crippen molar-refractivity contribution in [2.75, 3.05) is 5.32 Å². The Morgan fingerprint density at radius 2 is 1.70 bits per heavy atom. The molecular formula is C14H13ClN2O2S. The minimum absolute atomic E-state index is 0.536. The average molecular weight is 309 g/mol. The minimum Gasteiger partial charge on any atom is -0.588 e. The monoisotopic (exact) mass is 308 g/mol. The Labute approximate surface area is 125 Å². The van der Waals surface area contributed by atoms with Crippen molar-refractivity contribution in [2.24, 2.45) is 0 Å². The molecule has 0 fully saturated rings. The minimum atomic E-state index is -1.59. The van der Waals surface area contributed by atoms with Crippen LogP contribution in [0.2, 0.25) is 5.02 Å². The van der Waals surface area contributed by atoms with E-state index in [-0.39, 0.29) is 0 Å². The van der Waals surface area contributed by atoms with Crippen molar-refractivity contribution in [3.63, 3.8) is 0 Å². The standard InChI is InChI=1S/C14H13ClN2O2S/c1-10-2-8-13(9-3-10)20(19)17-14(18)16-12-6-4-11(15)5-7-12/h2-9H,1H3,(H2,16,17,18). The van der Waals surface area contributed by atoms with E-state index in [4.69, 9.17) is 11.6 Å². The zero-order valence-corrected chi connectivity index (χ0v) is 12.3. The highest BCUT2D eigenvalue weighted by Gasteiger charge is 2.15. The third-order valence-electron chi connectivity index (χ3n) is 2.52. The van der Waals surface area contributed by atoms with E-state index in [1.54, 1.807) is 36.4 Å². The fourth-order valence-corrected chi connectivity index (χ4v) is 2.34. The van der Waals surface area contributed by atoms with Gasteiger partial charge in [0.15, 0.2) is 4.90 Å². The molecule has 0 spiro atoms. The molecule has 2 aromatic carbocycles. The van der Waals surface area contributed by atoms with Crippen LogP contribution in [0.3, 0.4) is 0 Å². The SMILES string of the molecule is Cc1ccc([S+]([O-])NC(=O)Nc2ccc(Cl)cc2)cc1. The summed E-state index contributed by atoms with van der Waals surface area (Å²) in [4.78, 5) is 12.2. The Morgan fingerprint density at radius 1 is 1.10 bits per heavy atom. The fraction of sp³-hybridized carbons (Fsp3) is 0.0714. The molecule has 6 heteroatoms. The van der Waals surface area contributed by atoms with Crippen LogP contribution < -0.4 is 10.0 Å². The highest BCUT2D eigenvalue weighted by atomic mass is 35.5. The second-order valence-corrected chi connectivity index (χ2v) is 5.79. The molecule has 0 saturated carbocycles. The van der Waals surface area contributed by atoms with Crippen LogP contribution in [0.25, 0.3) is 0 Å². The predicted octanol–water partition coefficient (Wildman–Crippen LogP) is 3.49. The summed E-state index contributed by atoms with van der Waals surface area (Å²) in [6.45, 7) is 1.94. The van der Waals surface area contributed by atoms with Crippen molar-refractivity contribution in [3.8, 4) is 0 Å². The highest BCUT2D eigenvalue weighted by Crippen LogP contribution is 2.14. The quantitative estimate of drug-likeness (QED) is 0.852. The molecule has 2 N–H and O–H groups in total. The summed E-state index contributed by atoms with van der Waals surface area (Å²) in [5.74, 6) is 0. The van der Waals surface area contributed by atoms with Gasteiger partial charge in [-0.15, -0.1) is 4.72 Å². The van der Waals surface area contributed by atoms with Crippen LogP contribution in [0.4, 0.5) is 10.5 Å². The maximum atomic E-state index is 11.9. The summed E-state index contributed by atoms with van der Waals surface area (Å²) in [6.07, 6.45) is 0. The lowest BCUT2D eigenvalue weighted by Gasteiger charge is -2.11. The first kappa shape index (κ1) is 14.7. The number of carbonyl (C=O) groups is 1. The smallest absolute Gasteiger partial charge is 0.361 e. The van der Waals surface area contributed by atoms with Crippen LogP contribution in [-0.2, 0) is 11.4 Å². The van der Waals surface area contributed by atoms with E-state index in [2.05, 4.69) is 10.0 Å². The second-order valence-electron chi connectivity index (χ2n) is 4.14. The van der Waals surface area contributed by atoms with Crippen LogP contribution in [0.1, 0.15) is 5.56 Å². The van der Waals surface area contributed by atoms with Gasteiger partial charge in [-0.05, 0) is 43.3 Å². The van der Waals surface area contributed by atoms with Gasteiger partial charge in [0.2, 0.25) is 0 Å². The van der Waals surface area contributed by atoms with Crippen LogP contribution in [-0.4, -0.2) is 10.6 Å². The first-order valence-corrected chi connectivity index (χ1v) is 7.39. The van der Waals surface area contributed by atoms with Gasteiger partial charge in [0.05, 0.1) is 0 Å². The van der Waals surface area contributed by atoms with Gasteiger partial charge in [-0.3, -0.25) is 0 Å². The Balaban J connectivity index is 1.93. The van der Waals surface area contributed by atoms with Crippen molar-refractivity contribution >= 4 is 34.7 Å². The van der Waals surface area contributed by atoms with E-state index in [1.165, 1.54) is 0 Å². The molecule has 2 rings (SSSR count). The van der Waals surface area contributed by atoms with Crippen LogP contribution in [0, 0.1) is 6.92 Å². The molecule has 0 aromatic heterocycles. The van der Waals surface area contributed by atoms with E-state index >= 15 is 0 Å². The largest absolute Gasteiger partial charge is 0.588 e. The third-order valence-corrected chi connectivity index (χ3v) is 3.85. The summed E-state index contributed by atoms with van der Waals surface area (Å²) in [6, 6.07) is 13.2. The van der Waals surface area contributed by atoms with Crippen LogP contribution in [0.5, 0.6) is 0 Å². The lowest BCUT2D eigenvalue weighted by atomic mass is 10.2. The number of benzene rings is 2. The molecule has 0 aliphatic heterocycles. The molecule has 2 amide bonds.